The average molecular weight is 324 g/mol. The quantitative estimate of drug-likeness (QED) is 0.928. The Balaban J connectivity index is 1.73. The van der Waals surface area contributed by atoms with Crippen molar-refractivity contribution in [1.82, 2.24) is 4.90 Å². The minimum atomic E-state index is -0.317. The highest BCUT2D eigenvalue weighted by molar-refractivity contribution is 6.31. The summed E-state index contributed by atoms with van der Waals surface area (Å²) in [6, 6.07) is 7.44. The Morgan fingerprint density at radius 2 is 2.18 bits per heavy atom. The number of aliphatic hydroxyl groups is 1. The van der Waals surface area contributed by atoms with E-state index in [9.17, 15) is 9.90 Å². The molecule has 1 heterocycles. The first-order chi connectivity index (χ1) is 10.7. The topological polar surface area (TPSA) is 49.8 Å². The third kappa shape index (κ3) is 3.29. The van der Waals surface area contributed by atoms with Crippen LogP contribution in [-0.4, -0.2) is 47.8 Å². The van der Waals surface area contributed by atoms with Crippen LogP contribution in [0.1, 0.15) is 24.8 Å². The molecule has 0 aromatic heterocycles. The number of hydrogen-bond acceptors (Lipinski definition) is 3. The average Bonchev–Trinajstić information content (AvgIpc) is 2.95. The number of benzene rings is 1. The second kappa shape index (κ2) is 6.99. The third-order valence-electron chi connectivity index (χ3n) is 4.81. The zero-order valence-electron chi connectivity index (χ0n) is 12.6. The first kappa shape index (κ1) is 15.8. The lowest BCUT2D eigenvalue weighted by atomic mass is 9.93. The number of rotatable bonds is 3. The van der Waals surface area contributed by atoms with Gasteiger partial charge in [0, 0.05) is 17.5 Å². The van der Waals surface area contributed by atoms with Crippen LogP contribution in [0.3, 0.4) is 0 Å². The summed E-state index contributed by atoms with van der Waals surface area (Å²) in [5.41, 5.74) is 0.853. The minimum absolute atomic E-state index is 0.0127. The van der Waals surface area contributed by atoms with Gasteiger partial charge >= 0.3 is 0 Å². The van der Waals surface area contributed by atoms with Crippen molar-refractivity contribution < 1.29 is 14.6 Å². The molecule has 2 fully saturated rings. The molecular formula is C17H22ClNO3. The minimum Gasteiger partial charge on any atom is -0.393 e. The molecule has 1 aromatic carbocycles. The van der Waals surface area contributed by atoms with Crippen molar-refractivity contribution in [1.29, 1.82) is 0 Å². The Kier molecular flexibility index (Phi) is 5.01. The van der Waals surface area contributed by atoms with E-state index in [1.807, 2.05) is 29.2 Å². The first-order valence-electron chi connectivity index (χ1n) is 7.95. The molecule has 5 heteroatoms. The van der Waals surface area contributed by atoms with Gasteiger partial charge in [0.15, 0.2) is 0 Å². The molecule has 3 rings (SSSR count). The van der Waals surface area contributed by atoms with E-state index >= 15 is 0 Å². The van der Waals surface area contributed by atoms with Crippen LogP contribution in [0.25, 0.3) is 0 Å². The van der Waals surface area contributed by atoms with Gasteiger partial charge in [-0.25, -0.2) is 0 Å². The highest BCUT2D eigenvalue weighted by atomic mass is 35.5. The van der Waals surface area contributed by atoms with Gasteiger partial charge < -0.3 is 14.7 Å². The first-order valence-corrected chi connectivity index (χ1v) is 8.33. The Morgan fingerprint density at radius 3 is 2.91 bits per heavy atom. The molecule has 22 heavy (non-hydrogen) atoms. The van der Waals surface area contributed by atoms with Gasteiger partial charge in [0.2, 0.25) is 5.91 Å². The van der Waals surface area contributed by atoms with Crippen LogP contribution in [0.5, 0.6) is 0 Å². The van der Waals surface area contributed by atoms with E-state index in [0.29, 0.717) is 31.2 Å². The monoisotopic (exact) mass is 323 g/mol. The molecule has 120 valence electrons. The molecule has 0 unspecified atom stereocenters. The van der Waals surface area contributed by atoms with E-state index in [4.69, 9.17) is 16.3 Å². The molecule has 0 bridgehead atoms. The van der Waals surface area contributed by atoms with E-state index in [0.717, 1.165) is 24.8 Å². The maximum atomic E-state index is 12.7. The second-order valence-electron chi connectivity index (χ2n) is 6.16. The Hall–Kier alpha value is -1.10. The lowest BCUT2D eigenvalue weighted by molar-refractivity contribution is -0.143. The fraction of sp³-hybridized carbons (Fsp3) is 0.588. The largest absolute Gasteiger partial charge is 0.393 e. The second-order valence-corrected chi connectivity index (χ2v) is 6.57. The Labute approximate surface area is 136 Å². The van der Waals surface area contributed by atoms with Gasteiger partial charge in [-0.3, -0.25) is 4.79 Å². The van der Waals surface area contributed by atoms with E-state index in [1.165, 1.54) is 0 Å². The Morgan fingerprint density at radius 1 is 1.36 bits per heavy atom. The molecule has 1 N–H and O–H groups in total. The summed E-state index contributed by atoms with van der Waals surface area (Å²) in [6.45, 7) is 1.68. The number of halogens is 1. The predicted octanol–water partition coefficient (Wildman–Crippen LogP) is 2.27. The molecule has 1 amide bonds. The van der Waals surface area contributed by atoms with Crippen LogP contribution in [0, 0.1) is 5.92 Å². The summed E-state index contributed by atoms with van der Waals surface area (Å²) < 4.78 is 5.57. The molecule has 1 aromatic rings. The molecule has 2 aliphatic rings. The van der Waals surface area contributed by atoms with Crippen molar-refractivity contribution in [2.24, 2.45) is 5.92 Å². The molecule has 0 radical (unpaired) electrons. The zero-order valence-corrected chi connectivity index (χ0v) is 13.3. The standard InChI is InChI=1S/C17H22ClNO3/c18-14-6-2-1-4-12(14)10-17(21)19-8-9-22-11-15(19)13-5-3-7-16(13)20/h1-2,4,6,13,15-16,20H,3,5,7-11H2/t13-,15-,16-/m1/s1. The van der Waals surface area contributed by atoms with Gasteiger partial charge in [-0.1, -0.05) is 36.2 Å². The van der Waals surface area contributed by atoms with Crippen LogP contribution in [0.2, 0.25) is 5.02 Å². The van der Waals surface area contributed by atoms with Gasteiger partial charge in [0.05, 0.1) is 31.8 Å². The van der Waals surface area contributed by atoms with Crippen molar-refractivity contribution in [3.63, 3.8) is 0 Å². The maximum Gasteiger partial charge on any atom is 0.227 e. The third-order valence-corrected chi connectivity index (χ3v) is 5.18. The lowest BCUT2D eigenvalue weighted by Gasteiger charge is -2.40. The molecule has 1 saturated carbocycles. The van der Waals surface area contributed by atoms with E-state index in [1.54, 1.807) is 0 Å². The van der Waals surface area contributed by atoms with E-state index < -0.39 is 0 Å². The lowest BCUT2D eigenvalue weighted by Crippen LogP contribution is -2.54. The summed E-state index contributed by atoms with van der Waals surface area (Å²) in [5, 5.41) is 10.8. The molecule has 0 spiro atoms. The number of carbonyl (C=O) groups is 1. The number of aliphatic hydroxyl groups excluding tert-OH is 1. The van der Waals surface area contributed by atoms with Crippen molar-refractivity contribution in [3.05, 3.63) is 34.9 Å². The van der Waals surface area contributed by atoms with Gasteiger partial charge in [-0.05, 0) is 24.5 Å². The number of morpholine rings is 1. The maximum absolute atomic E-state index is 12.7. The number of ether oxygens (including phenoxy) is 1. The number of amides is 1. The Bertz CT molecular complexity index is 536. The summed E-state index contributed by atoms with van der Waals surface area (Å²) in [7, 11) is 0. The van der Waals surface area contributed by atoms with Gasteiger partial charge in [0.25, 0.3) is 0 Å². The van der Waals surface area contributed by atoms with Gasteiger partial charge in [0.1, 0.15) is 0 Å². The van der Waals surface area contributed by atoms with Crippen molar-refractivity contribution in [2.45, 2.75) is 37.8 Å². The zero-order chi connectivity index (χ0) is 15.5. The molecule has 1 saturated heterocycles. The summed E-state index contributed by atoms with van der Waals surface area (Å²) in [4.78, 5) is 14.6. The molecule has 3 atom stereocenters. The van der Waals surface area contributed by atoms with Crippen molar-refractivity contribution in [2.75, 3.05) is 19.8 Å². The number of carbonyl (C=O) groups excluding carboxylic acids is 1. The highest BCUT2D eigenvalue weighted by Crippen LogP contribution is 2.32. The highest BCUT2D eigenvalue weighted by Gasteiger charge is 2.39. The number of nitrogens with zero attached hydrogens (tertiary/aromatic N) is 1. The normalized spacial score (nSPS) is 28.8. The van der Waals surface area contributed by atoms with Crippen molar-refractivity contribution >= 4 is 17.5 Å². The summed E-state index contributed by atoms with van der Waals surface area (Å²) in [5.74, 6) is 0.205. The number of hydrogen-bond donors (Lipinski definition) is 1. The van der Waals surface area contributed by atoms with Crippen LogP contribution < -0.4 is 0 Å². The van der Waals surface area contributed by atoms with E-state index in [2.05, 4.69) is 0 Å². The smallest absolute Gasteiger partial charge is 0.227 e. The van der Waals surface area contributed by atoms with Crippen LogP contribution in [-0.2, 0) is 16.0 Å². The fourth-order valence-corrected chi connectivity index (χ4v) is 3.81. The molecule has 4 nitrogen and oxygen atoms in total. The van der Waals surface area contributed by atoms with Gasteiger partial charge in [-0.15, -0.1) is 0 Å². The van der Waals surface area contributed by atoms with Crippen molar-refractivity contribution in [3.8, 4) is 0 Å². The SMILES string of the molecule is O=C(Cc1ccccc1Cl)N1CCOC[C@@H]1[C@H]1CCC[C@H]1O. The van der Waals surface area contributed by atoms with Crippen LogP contribution in [0.15, 0.2) is 24.3 Å². The van der Waals surface area contributed by atoms with Crippen LogP contribution >= 0.6 is 11.6 Å². The summed E-state index contributed by atoms with van der Waals surface area (Å²) >= 11 is 6.16. The fourth-order valence-electron chi connectivity index (χ4n) is 3.61. The molecule has 1 aliphatic heterocycles. The molecule has 1 aliphatic carbocycles. The van der Waals surface area contributed by atoms with Gasteiger partial charge in [-0.2, -0.15) is 0 Å². The van der Waals surface area contributed by atoms with E-state index in [-0.39, 0.29) is 24.0 Å². The molecular weight excluding hydrogens is 302 g/mol. The van der Waals surface area contributed by atoms with Crippen LogP contribution in [0.4, 0.5) is 0 Å². The predicted molar refractivity (Wildman–Crippen MR) is 84.8 cm³/mol. The summed E-state index contributed by atoms with van der Waals surface area (Å²) in [6.07, 6.45) is 2.80.